The van der Waals surface area contributed by atoms with Crippen molar-refractivity contribution in [2.45, 2.75) is 6.92 Å². The third-order valence-corrected chi connectivity index (χ3v) is 2.01. The van der Waals surface area contributed by atoms with Crippen LogP contribution in [0.15, 0.2) is 18.2 Å². The van der Waals surface area contributed by atoms with Crippen molar-refractivity contribution in [3.63, 3.8) is 0 Å². The zero-order valence-corrected chi connectivity index (χ0v) is 7.64. The fraction of sp³-hybridized carbons (Fsp3) is 0.111. The van der Waals surface area contributed by atoms with Crippen LogP contribution < -0.4 is 0 Å². The zero-order chi connectivity index (χ0) is 9.42. The van der Waals surface area contributed by atoms with Crippen LogP contribution in [0.4, 0.5) is 4.39 Å². The summed E-state index contributed by atoms with van der Waals surface area (Å²) in [7, 11) is 0. The quantitative estimate of drug-likeness (QED) is 0.606. The molecular formula is C9H6ClFN2. The molecular weight excluding hydrogens is 191 g/mol. The minimum Gasteiger partial charge on any atom is -0.233 e. The number of aromatic nitrogens is 2. The molecule has 0 spiro atoms. The second-order valence-electron chi connectivity index (χ2n) is 2.70. The summed E-state index contributed by atoms with van der Waals surface area (Å²) in [4.78, 5) is 7.94. The molecule has 0 saturated carbocycles. The highest BCUT2D eigenvalue weighted by Gasteiger charge is 2.07. The first kappa shape index (κ1) is 8.38. The molecule has 0 saturated heterocycles. The number of rotatable bonds is 0. The largest absolute Gasteiger partial charge is 0.233 e. The van der Waals surface area contributed by atoms with Gasteiger partial charge in [-0.25, -0.2) is 14.4 Å². The standard InChI is InChI=1S/C9H6ClFN2/c1-5-12-7-4-2-3-6(11)8(7)9(10)13-5/h2-4H,1H3. The van der Waals surface area contributed by atoms with Crippen molar-refractivity contribution in [3.05, 3.63) is 35.0 Å². The second kappa shape index (κ2) is 2.92. The fourth-order valence-electron chi connectivity index (χ4n) is 1.21. The summed E-state index contributed by atoms with van der Waals surface area (Å²) in [5, 5.41) is 0.454. The Hall–Kier alpha value is -1.22. The third-order valence-electron chi connectivity index (χ3n) is 1.74. The molecule has 66 valence electrons. The minimum absolute atomic E-state index is 0.167. The number of benzene rings is 1. The highest BCUT2D eigenvalue weighted by Crippen LogP contribution is 2.22. The van der Waals surface area contributed by atoms with Crippen LogP contribution in [0.25, 0.3) is 10.9 Å². The Morgan fingerprint density at radius 2 is 2.08 bits per heavy atom. The van der Waals surface area contributed by atoms with Crippen LogP contribution in [0.3, 0.4) is 0 Å². The van der Waals surface area contributed by atoms with E-state index >= 15 is 0 Å². The van der Waals surface area contributed by atoms with Crippen LogP contribution in [0.1, 0.15) is 5.82 Å². The molecule has 0 amide bonds. The predicted octanol–water partition coefficient (Wildman–Crippen LogP) is 2.73. The van der Waals surface area contributed by atoms with Crippen LogP contribution in [-0.4, -0.2) is 9.97 Å². The van der Waals surface area contributed by atoms with Crippen LogP contribution in [0.2, 0.25) is 5.15 Å². The monoisotopic (exact) mass is 196 g/mol. The summed E-state index contributed by atoms with van der Waals surface area (Å²) in [5.41, 5.74) is 0.539. The highest BCUT2D eigenvalue weighted by atomic mass is 35.5. The average Bonchev–Trinajstić information content (AvgIpc) is 2.02. The maximum absolute atomic E-state index is 13.2. The van der Waals surface area contributed by atoms with Gasteiger partial charge in [0.05, 0.1) is 10.9 Å². The molecule has 0 aliphatic carbocycles. The van der Waals surface area contributed by atoms with Crippen molar-refractivity contribution in [2.24, 2.45) is 0 Å². The Morgan fingerprint density at radius 1 is 1.31 bits per heavy atom. The molecule has 0 N–H and O–H groups in total. The van der Waals surface area contributed by atoms with Crippen LogP contribution >= 0.6 is 11.6 Å². The lowest BCUT2D eigenvalue weighted by atomic mass is 10.2. The lowest BCUT2D eigenvalue weighted by Crippen LogP contribution is -1.91. The summed E-state index contributed by atoms with van der Waals surface area (Å²) < 4.78 is 13.2. The molecule has 0 bridgehead atoms. The number of nitrogens with zero attached hydrogens (tertiary/aromatic N) is 2. The van der Waals surface area contributed by atoms with E-state index in [4.69, 9.17) is 11.6 Å². The molecule has 2 aromatic rings. The topological polar surface area (TPSA) is 25.8 Å². The molecule has 2 nitrogen and oxygen atoms in total. The molecule has 0 fully saturated rings. The maximum atomic E-state index is 13.2. The Labute approximate surface area is 79.4 Å². The summed E-state index contributed by atoms with van der Waals surface area (Å²) >= 11 is 5.78. The molecule has 13 heavy (non-hydrogen) atoms. The van der Waals surface area contributed by atoms with Gasteiger partial charge >= 0.3 is 0 Å². The van der Waals surface area contributed by atoms with Crippen molar-refractivity contribution in [1.82, 2.24) is 9.97 Å². The number of hydrogen-bond acceptors (Lipinski definition) is 2. The van der Waals surface area contributed by atoms with Gasteiger partial charge in [-0.1, -0.05) is 17.7 Å². The normalized spacial score (nSPS) is 10.7. The van der Waals surface area contributed by atoms with Gasteiger partial charge in [-0.05, 0) is 19.1 Å². The van der Waals surface area contributed by atoms with E-state index in [0.29, 0.717) is 11.3 Å². The molecule has 1 aromatic carbocycles. The summed E-state index contributed by atoms with van der Waals surface area (Å²) in [6, 6.07) is 4.65. The van der Waals surface area contributed by atoms with Gasteiger partial charge in [0.15, 0.2) is 0 Å². The van der Waals surface area contributed by atoms with Gasteiger partial charge in [-0.2, -0.15) is 0 Å². The van der Waals surface area contributed by atoms with Gasteiger partial charge in [0.1, 0.15) is 16.8 Å². The SMILES string of the molecule is Cc1nc(Cl)c2c(F)cccc2n1. The van der Waals surface area contributed by atoms with Gasteiger partial charge in [0.2, 0.25) is 0 Å². The molecule has 0 radical (unpaired) electrons. The van der Waals surface area contributed by atoms with Crippen LogP contribution in [-0.2, 0) is 0 Å². The van der Waals surface area contributed by atoms with Gasteiger partial charge in [0, 0.05) is 0 Å². The lowest BCUT2D eigenvalue weighted by molar-refractivity contribution is 0.639. The first-order valence-corrected chi connectivity index (χ1v) is 4.14. The Kier molecular flexibility index (Phi) is 1.88. The van der Waals surface area contributed by atoms with Crippen molar-refractivity contribution in [1.29, 1.82) is 0 Å². The molecule has 4 heteroatoms. The molecule has 0 atom stereocenters. The number of halogens is 2. The molecule has 0 aliphatic rings. The van der Waals surface area contributed by atoms with Crippen LogP contribution in [0.5, 0.6) is 0 Å². The summed E-state index contributed by atoms with van der Waals surface area (Å²) in [6.45, 7) is 1.72. The lowest BCUT2D eigenvalue weighted by Gasteiger charge is -2.01. The van der Waals surface area contributed by atoms with Crippen LogP contribution in [0, 0.1) is 12.7 Å². The van der Waals surface area contributed by atoms with Gasteiger partial charge < -0.3 is 0 Å². The fourth-order valence-corrected chi connectivity index (χ4v) is 1.52. The van der Waals surface area contributed by atoms with Gasteiger partial charge in [0.25, 0.3) is 0 Å². The summed E-state index contributed by atoms with van der Waals surface area (Å²) in [6.07, 6.45) is 0. The van der Waals surface area contributed by atoms with E-state index in [-0.39, 0.29) is 16.4 Å². The van der Waals surface area contributed by atoms with Gasteiger partial charge in [-0.3, -0.25) is 0 Å². The summed E-state index contributed by atoms with van der Waals surface area (Å²) in [5.74, 6) is 0.158. The van der Waals surface area contributed by atoms with E-state index in [9.17, 15) is 4.39 Å². The number of aryl methyl sites for hydroxylation is 1. The van der Waals surface area contributed by atoms with Crippen molar-refractivity contribution in [3.8, 4) is 0 Å². The maximum Gasteiger partial charge on any atom is 0.143 e. The number of fused-ring (bicyclic) bond motifs is 1. The van der Waals surface area contributed by atoms with E-state index in [2.05, 4.69) is 9.97 Å². The molecule has 2 rings (SSSR count). The molecule has 0 aliphatic heterocycles. The molecule has 1 aromatic heterocycles. The van der Waals surface area contributed by atoms with E-state index < -0.39 is 0 Å². The Balaban J connectivity index is 2.94. The van der Waals surface area contributed by atoms with E-state index in [1.807, 2.05) is 0 Å². The predicted molar refractivity (Wildman–Crippen MR) is 49.2 cm³/mol. The van der Waals surface area contributed by atoms with Crippen molar-refractivity contribution >= 4 is 22.5 Å². The molecule has 0 unspecified atom stereocenters. The van der Waals surface area contributed by atoms with E-state index in [1.54, 1.807) is 19.1 Å². The average molecular weight is 197 g/mol. The number of hydrogen-bond donors (Lipinski definition) is 0. The molecule has 1 heterocycles. The first-order valence-electron chi connectivity index (χ1n) is 3.77. The second-order valence-corrected chi connectivity index (χ2v) is 3.05. The third kappa shape index (κ3) is 1.35. The minimum atomic E-state index is -0.387. The van der Waals surface area contributed by atoms with Gasteiger partial charge in [-0.15, -0.1) is 0 Å². The van der Waals surface area contributed by atoms with Crippen molar-refractivity contribution in [2.75, 3.05) is 0 Å². The zero-order valence-electron chi connectivity index (χ0n) is 6.88. The van der Waals surface area contributed by atoms with E-state index in [0.717, 1.165) is 0 Å². The Bertz CT molecular complexity index is 470. The van der Waals surface area contributed by atoms with Crippen molar-refractivity contribution < 1.29 is 4.39 Å². The van der Waals surface area contributed by atoms with E-state index in [1.165, 1.54) is 6.07 Å². The first-order chi connectivity index (χ1) is 6.18. The highest BCUT2D eigenvalue weighted by molar-refractivity contribution is 6.34. The Morgan fingerprint density at radius 3 is 2.85 bits per heavy atom. The smallest absolute Gasteiger partial charge is 0.143 e.